The lowest BCUT2D eigenvalue weighted by atomic mass is 9.78. The number of nitrogens with one attached hydrogen (secondary N) is 2. The van der Waals surface area contributed by atoms with E-state index < -0.39 is 0 Å². The highest BCUT2D eigenvalue weighted by molar-refractivity contribution is 5.84. The topological polar surface area (TPSA) is 74.3 Å². The molecule has 0 bridgehead atoms. The van der Waals surface area contributed by atoms with Crippen LogP contribution in [0.4, 0.5) is 0 Å². The molecule has 1 heterocycles. The number of aromatic hydroxyl groups is 1. The number of benzene rings is 2. The molecule has 33 heavy (non-hydrogen) atoms. The summed E-state index contributed by atoms with van der Waals surface area (Å²) in [7, 11) is 1.66. The van der Waals surface area contributed by atoms with Gasteiger partial charge in [0.1, 0.15) is 11.5 Å². The molecule has 0 radical (unpaired) electrons. The van der Waals surface area contributed by atoms with Gasteiger partial charge in [0.15, 0.2) is 0 Å². The Balaban J connectivity index is 1.63. The van der Waals surface area contributed by atoms with Crippen LogP contribution in [0.2, 0.25) is 0 Å². The van der Waals surface area contributed by atoms with Crippen molar-refractivity contribution in [3.8, 4) is 11.5 Å². The third-order valence-electron chi connectivity index (χ3n) is 6.12. The minimum atomic E-state index is -0.176. The molecule has 5 nitrogen and oxygen atoms in total. The summed E-state index contributed by atoms with van der Waals surface area (Å²) in [6.07, 6.45) is 3.80. The molecule has 0 saturated heterocycles. The number of rotatable bonds is 7. The Hall–Kier alpha value is -2.95. The Morgan fingerprint density at radius 2 is 1.64 bits per heavy atom. The van der Waals surface area contributed by atoms with Gasteiger partial charge >= 0.3 is 0 Å². The molecule has 0 spiro atoms. The first-order valence-corrected chi connectivity index (χ1v) is 11.7. The number of aromatic amines is 1. The van der Waals surface area contributed by atoms with Crippen LogP contribution in [0.1, 0.15) is 70.2 Å². The van der Waals surface area contributed by atoms with Crippen molar-refractivity contribution in [1.29, 1.82) is 0 Å². The van der Waals surface area contributed by atoms with Gasteiger partial charge < -0.3 is 20.1 Å². The predicted molar refractivity (Wildman–Crippen MR) is 135 cm³/mol. The minimum absolute atomic E-state index is 0.0371. The first-order valence-electron chi connectivity index (χ1n) is 11.7. The smallest absolute Gasteiger partial charge is 0.220 e. The third-order valence-corrected chi connectivity index (χ3v) is 6.12. The number of phenolic OH excluding ortho intramolecular Hbond substituents is 1. The van der Waals surface area contributed by atoms with Crippen LogP contribution in [0.3, 0.4) is 0 Å². The Morgan fingerprint density at radius 3 is 2.21 bits per heavy atom. The van der Waals surface area contributed by atoms with Gasteiger partial charge in [0, 0.05) is 30.1 Å². The van der Waals surface area contributed by atoms with Gasteiger partial charge in [-0.25, -0.2) is 0 Å². The van der Waals surface area contributed by atoms with Crippen LogP contribution in [0, 0.1) is 0 Å². The zero-order chi connectivity index (χ0) is 24.4. The lowest BCUT2D eigenvalue weighted by Gasteiger charge is -2.28. The molecular formula is C28H38N2O3. The van der Waals surface area contributed by atoms with Gasteiger partial charge in [0.25, 0.3) is 0 Å². The Labute approximate surface area is 197 Å². The van der Waals surface area contributed by atoms with Crippen LogP contribution in [0.25, 0.3) is 10.9 Å². The number of aromatic nitrogens is 1. The van der Waals surface area contributed by atoms with Crippen LogP contribution in [-0.4, -0.2) is 29.7 Å². The molecule has 3 aromatic rings. The van der Waals surface area contributed by atoms with Crippen LogP contribution in [0.15, 0.2) is 36.5 Å². The Morgan fingerprint density at radius 1 is 1.00 bits per heavy atom. The fourth-order valence-corrected chi connectivity index (χ4v) is 4.16. The van der Waals surface area contributed by atoms with Crippen LogP contribution in [-0.2, 0) is 28.5 Å². The number of carbonyl (C=O) groups is 1. The Kier molecular flexibility index (Phi) is 7.11. The highest BCUT2D eigenvalue weighted by Crippen LogP contribution is 2.40. The zero-order valence-corrected chi connectivity index (χ0v) is 21.1. The molecule has 178 valence electrons. The van der Waals surface area contributed by atoms with Crippen molar-refractivity contribution >= 4 is 16.8 Å². The lowest BCUT2D eigenvalue weighted by molar-refractivity contribution is -0.121. The summed E-state index contributed by atoms with van der Waals surface area (Å²) in [5.74, 6) is 1.24. The molecule has 1 aromatic heterocycles. The summed E-state index contributed by atoms with van der Waals surface area (Å²) in [4.78, 5) is 15.8. The van der Waals surface area contributed by atoms with Crippen molar-refractivity contribution in [1.82, 2.24) is 10.3 Å². The Bertz CT molecular complexity index is 1100. The number of ether oxygens (including phenoxy) is 1. The lowest BCUT2D eigenvalue weighted by Crippen LogP contribution is -2.26. The number of amides is 1. The average molecular weight is 451 g/mol. The number of phenols is 1. The summed E-state index contributed by atoms with van der Waals surface area (Å²) in [6, 6.07) is 10.1. The second kappa shape index (κ2) is 9.50. The van der Waals surface area contributed by atoms with Crippen molar-refractivity contribution in [2.75, 3.05) is 13.7 Å². The molecule has 0 aliphatic carbocycles. The van der Waals surface area contributed by atoms with E-state index in [2.05, 4.69) is 64.0 Å². The van der Waals surface area contributed by atoms with E-state index in [0.29, 0.717) is 25.1 Å². The van der Waals surface area contributed by atoms with Crippen molar-refractivity contribution in [2.24, 2.45) is 0 Å². The van der Waals surface area contributed by atoms with Gasteiger partial charge in [0.05, 0.1) is 7.11 Å². The van der Waals surface area contributed by atoms with Gasteiger partial charge in [-0.05, 0) is 64.1 Å². The van der Waals surface area contributed by atoms with E-state index in [9.17, 15) is 9.90 Å². The van der Waals surface area contributed by atoms with Crippen molar-refractivity contribution in [2.45, 2.75) is 71.6 Å². The maximum absolute atomic E-state index is 12.6. The first-order chi connectivity index (χ1) is 15.4. The van der Waals surface area contributed by atoms with E-state index in [0.717, 1.165) is 45.3 Å². The average Bonchev–Trinajstić information content (AvgIpc) is 3.13. The molecule has 0 fully saturated rings. The molecule has 0 saturated carbocycles. The first kappa shape index (κ1) is 24.7. The number of hydrogen-bond donors (Lipinski definition) is 3. The van der Waals surface area contributed by atoms with Crippen molar-refractivity contribution in [3.63, 3.8) is 0 Å². The molecule has 0 unspecified atom stereocenters. The standard InChI is InChI=1S/C28H38N2O3/c1-27(2,3)22-14-18(15-23(26(22)32)28(4,5)6)8-11-25(31)29-13-12-19-17-30-24-10-9-20(33-7)16-21(19)24/h9-10,14-17,30,32H,8,11-13H2,1-7H3,(H,29,31). The minimum Gasteiger partial charge on any atom is -0.507 e. The number of aryl methyl sites for hydroxylation is 1. The number of methoxy groups -OCH3 is 1. The molecule has 0 atom stereocenters. The molecule has 3 rings (SSSR count). The highest BCUT2D eigenvalue weighted by Gasteiger charge is 2.26. The normalized spacial score (nSPS) is 12.2. The number of fused-ring (bicyclic) bond motifs is 1. The van der Waals surface area contributed by atoms with E-state index in [1.165, 1.54) is 0 Å². The van der Waals surface area contributed by atoms with Crippen molar-refractivity contribution < 1.29 is 14.6 Å². The zero-order valence-electron chi connectivity index (χ0n) is 21.1. The monoisotopic (exact) mass is 450 g/mol. The SMILES string of the molecule is COc1ccc2[nH]cc(CCNC(=O)CCc3cc(C(C)(C)C)c(O)c(C(C)(C)C)c3)c2c1. The molecular weight excluding hydrogens is 412 g/mol. The summed E-state index contributed by atoms with van der Waals surface area (Å²) in [6.45, 7) is 13.2. The molecule has 0 aliphatic heterocycles. The van der Waals surface area contributed by atoms with E-state index in [1.807, 2.05) is 24.4 Å². The van der Waals surface area contributed by atoms with E-state index in [-0.39, 0.29) is 16.7 Å². The maximum atomic E-state index is 12.6. The quantitative estimate of drug-likeness (QED) is 0.428. The molecule has 2 aromatic carbocycles. The number of carbonyl (C=O) groups excluding carboxylic acids is 1. The molecule has 5 heteroatoms. The van der Waals surface area contributed by atoms with Crippen LogP contribution >= 0.6 is 0 Å². The largest absolute Gasteiger partial charge is 0.507 e. The molecule has 3 N–H and O–H groups in total. The fourth-order valence-electron chi connectivity index (χ4n) is 4.16. The van der Waals surface area contributed by atoms with Gasteiger partial charge in [-0.2, -0.15) is 0 Å². The highest BCUT2D eigenvalue weighted by atomic mass is 16.5. The van der Waals surface area contributed by atoms with E-state index >= 15 is 0 Å². The third kappa shape index (κ3) is 5.89. The predicted octanol–water partition coefficient (Wildman–Crippen LogP) is 5.77. The van der Waals surface area contributed by atoms with E-state index in [4.69, 9.17) is 4.74 Å². The van der Waals surface area contributed by atoms with E-state index in [1.54, 1.807) is 7.11 Å². The second-order valence-electron chi connectivity index (χ2n) is 10.9. The molecule has 0 aliphatic rings. The van der Waals surface area contributed by atoms with Gasteiger partial charge in [0.2, 0.25) is 5.91 Å². The number of hydrogen-bond acceptors (Lipinski definition) is 3. The van der Waals surface area contributed by atoms with Crippen LogP contribution in [0.5, 0.6) is 11.5 Å². The summed E-state index contributed by atoms with van der Waals surface area (Å²) in [5, 5.41) is 15.1. The van der Waals surface area contributed by atoms with Gasteiger partial charge in [-0.3, -0.25) is 4.79 Å². The summed E-state index contributed by atoms with van der Waals surface area (Å²) in [5.41, 5.74) is 4.82. The number of H-pyrrole nitrogens is 1. The maximum Gasteiger partial charge on any atom is 0.220 e. The second-order valence-corrected chi connectivity index (χ2v) is 10.9. The summed E-state index contributed by atoms with van der Waals surface area (Å²) >= 11 is 0. The van der Waals surface area contributed by atoms with Crippen molar-refractivity contribution in [3.05, 3.63) is 58.8 Å². The fraction of sp³-hybridized carbons (Fsp3) is 0.464. The molecule has 1 amide bonds. The van der Waals surface area contributed by atoms with Gasteiger partial charge in [-0.1, -0.05) is 53.7 Å². The van der Waals surface area contributed by atoms with Crippen LogP contribution < -0.4 is 10.1 Å². The van der Waals surface area contributed by atoms with Gasteiger partial charge in [-0.15, -0.1) is 0 Å². The summed E-state index contributed by atoms with van der Waals surface area (Å²) < 4.78 is 5.33.